The van der Waals surface area contributed by atoms with Gasteiger partial charge in [0.05, 0.1) is 0 Å². The van der Waals surface area contributed by atoms with Gasteiger partial charge in [-0.1, -0.05) is 0 Å². The molecule has 0 aliphatic carbocycles. The van der Waals surface area contributed by atoms with Gasteiger partial charge in [0.15, 0.2) is 0 Å². The first kappa shape index (κ1) is 6.62. The second-order valence-corrected chi connectivity index (χ2v) is 3.39. The number of nitrogens with one attached hydrogen (secondary N) is 1. The van der Waals surface area contributed by atoms with Crippen molar-refractivity contribution in [1.29, 1.82) is 0 Å². The predicted molar refractivity (Wildman–Crippen MR) is 42.1 cm³/mol. The predicted octanol–water partition coefficient (Wildman–Crippen LogP) is 0.444. The summed E-state index contributed by atoms with van der Waals surface area (Å²) in [6.07, 6.45) is 4.19. The summed E-state index contributed by atoms with van der Waals surface area (Å²) in [4.78, 5) is 2.64. The fraction of sp³-hybridized carbons (Fsp3) is 1.00. The lowest BCUT2D eigenvalue weighted by atomic mass is 10.2. The van der Waals surface area contributed by atoms with E-state index >= 15 is 0 Å². The van der Waals surface area contributed by atoms with Crippen LogP contribution in [-0.4, -0.2) is 37.1 Å². The monoisotopic (exact) mass is 140 g/mol. The molecule has 2 rings (SSSR count). The summed E-state index contributed by atoms with van der Waals surface area (Å²) in [6, 6.07) is 0.877. The first-order valence-electron chi connectivity index (χ1n) is 4.41. The van der Waals surface area contributed by atoms with Crippen molar-refractivity contribution in [3.8, 4) is 0 Å². The maximum atomic E-state index is 3.48. The van der Waals surface area contributed by atoms with E-state index in [0.717, 1.165) is 6.04 Å². The first-order valence-corrected chi connectivity index (χ1v) is 4.41. The lowest BCUT2D eigenvalue weighted by Crippen LogP contribution is -2.34. The minimum absolute atomic E-state index is 0.877. The molecule has 0 aromatic heterocycles. The summed E-state index contributed by atoms with van der Waals surface area (Å²) in [7, 11) is 0. The van der Waals surface area contributed by atoms with Crippen LogP contribution < -0.4 is 5.32 Å². The van der Waals surface area contributed by atoms with Crippen molar-refractivity contribution >= 4 is 0 Å². The average Bonchev–Trinajstić information content (AvgIpc) is 2.28. The second-order valence-electron chi connectivity index (χ2n) is 3.39. The molecule has 1 N–H and O–H groups in total. The lowest BCUT2D eigenvalue weighted by Gasteiger charge is -2.20. The third kappa shape index (κ3) is 1.18. The number of hydrogen-bond acceptors (Lipinski definition) is 2. The lowest BCUT2D eigenvalue weighted by molar-refractivity contribution is 0.270. The third-order valence-electron chi connectivity index (χ3n) is 2.68. The molecule has 2 heteroatoms. The highest BCUT2D eigenvalue weighted by atomic mass is 15.2. The zero-order valence-corrected chi connectivity index (χ0v) is 6.47. The summed E-state index contributed by atoms with van der Waals surface area (Å²) >= 11 is 0. The Balaban J connectivity index is 1.95. The molecule has 0 amide bonds. The molecule has 2 aliphatic rings. The van der Waals surface area contributed by atoms with Crippen molar-refractivity contribution in [3.63, 3.8) is 0 Å². The smallest absolute Gasteiger partial charge is 0.0221 e. The van der Waals surface area contributed by atoms with Gasteiger partial charge in [0, 0.05) is 12.6 Å². The minimum Gasteiger partial charge on any atom is -0.315 e. The molecule has 1 atom stereocenters. The van der Waals surface area contributed by atoms with Gasteiger partial charge in [-0.15, -0.1) is 0 Å². The zero-order chi connectivity index (χ0) is 6.81. The van der Waals surface area contributed by atoms with Gasteiger partial charge in [0.2, 0.25) is 0 Å². The number of hydrogen-bond donors (Lipinski definition) is 1. The summed E-state index contributed by atoms with van der Waals surface area (Å²) in [5.74, 6) is 0. The Kier molecular flexibility index (Phi) is 1.91. The van der Waals surface area contributed by atoms with Gasteiger partial charge in [-0.3, -0.25) is 4.90 Å². The minimum atomic E-state index is 0.877. The number of fused-ring (bicyclic) bond motifs is 1. The van der Waals surface area contributed by atoms with E-state index in [0.29, 0.717) is 0 Å². The van der Waals surface area contributed by atoms with Crippen molar-refractivity contribution in [2.24, 2.45) is 0 Å². The largest absolute Gasteiger partial charge is 0.315 e. The number of rotatable bonds is 0. The summed E-state index contributed by atoms with van der Waals surface area (Å²) in [6.45, 7) is 5.15. The molecule has 0 aromatic carbocycles. The van der Waals surface area contributed by atoms with Crippen LogP contribution in [-0.2, 0) is 0 Å². The SMILES string of the molecule is C1CNCC2CCCN2C1. The van der Waals surface area contributed by atoms with Crippen LogP contribution in [0.25, 0.3) is 0 Å². The van der Waals surface area contributed by atoms with E-state index in [1.165, 1.54) is 45.4 Å². The quantitative estimate of drug-likeness (QED) is 0.525. The topological polar surface area (TPSA) is 15.3 Å². The Bertz CT molecular complexity index is 102. The summed E-state index contributed by atoms with van der Waals surface area (Å²) in [5.41, 5.74) is 0. The molecular formula is C8H16N2. The van der Waals surface area contributed by atoms with Crippen LogP contribution in [0.2, 0.25) is 0 Å². The molecule has 0 bridgehead atoms. The van der Waals surface area contributed by atoms with Crippen molar-refractivity contribution in [2.45, 2.75) is 25.3 Å². The maximum Gasteiger partial charge on any atom is 0.0221 e. The van der Waals surface area contributed by atoms with Gasteiger partial charge >= 0.3 is 0 Å². The van der Waals surface area contributed by atoms with Crippen LogP contribution in [0.5, 0.6) is 0 Å². The van der Waals surface area contributed by atoms with Gasteiger partial charge in [0.1, 0.15) is 0 Å². The second kappa shape index (κ2) is 2.89. The van der Waals surface area contributed by atoms with Crippen molar-refractivity contribution in [2.75, 3.05) is 26.2 Å². The van der Waals surface area contributed by atoms with E-state index in [-0.39, 0.29) is 0 Å². The van der Waals surface area contributed by atoms with Gasteiger partial charge in [-0.25, -0.2) is 0 Å². The molecule has 2 heterocycles. The van der Waals surface area contributed by atoms with Crippen LogP contribution >= 0.6 is 0 Å². The Labute approximate surface area is 62.6 Å². The van der Waals surface area contributed by atoms with Crippen molar-refractivity contribution in [1.82, 2.24) is 10.2 Å². The Hall–Kier alpha value is -0.0800. The molecule has 2 nitrogen and oxygen atoms in total. The van der Waals surface area contributed by atoms with Crippen LogP contribution in [0.1, 0.15) is 19.3 Å². The van der Waals surface area contributed by atoms with Gasteiger partial charge in [-0.2, -0.15) is 0 Å². The zero-order valence-electron chi connectivity index (χ0n) is 6.47. The molecule has 10 heavy (non-hydrogen) atoms. The molecule has 0 saturated carbocycles. The van der Waals surface area contributed by atoms with E-state index in [1.54, 1.807) is 0 Å². The standard InChI is InChI=1S/C8H16N2/c1-3-8-7-9-4-2-6-10(8)5-1/h8-9H,1-7H2. The van der Waals surface area contributed by atoms with E-state index < -0.39 is 0 Å². The highest BCUT2D eigenvalue weighted by Crippen LogP contribution is 2.17. The molecule has 2 saturated heterocycles. The fourth-order valence-corrected chi connectivity index (χ4v) is 2.10. The number of nitrogens with zero attached hydrogens (tertiary/aromatic N) is 1. The molecule has 2 aliphatic heterocycles. The average molecular weight is 140 g/mol. The third-order valence-corrected chi connectivity index (χ3v) is 2.68. The molecular weight excluding hydrogens is 124 g/mol. The molecule has 0 radical (unpaired) electrons. The van der Waals surface area contributed by atoms with E-state index in [2.05, 4.69) is 10.2 Å². The van der Waals surface area contributed by atoms with Gasteiger partial charge < -0.3 is 5.32 Å². The molecule has 2 fully saturated rings. The molecule has 0 spiro atoms. The Morgan fingerprint density at radius 3 is 3.10 bits per heavy atom. The van der Waals surface area contributed by atoms with E-state index in [4.69, 9.17) is 0 Å². The fourth-order valence-electron chi connectivity index (χ4n) is 2.10. The van der Waals surface area contributed by atoms with E-state index in [1.807, 2.05) is 0 Å². The van der Waals surface area contributed by atoms with Crippen LogP contribution in [0.15, 0.2) is 0 Å². The van der Waals surface area contributed by atoms with Crippen molar-refractivity contribution in [3.05, 3.63) is 0 Å². The van der Waals surface area contributed by atoms with E-state index in [9.17, 15) is 0 Å². The van der Waals surface area contributed by atoms with Gasteiger partial charge in [-0.05, 0) is 38.9 Å². The normalized spacial score (nSPS) is 35.4. The Morgan fingerprint density at radius 1 is 1.20 bits per heavy atom. The molecule has 58 valence electrons. The van der Waals surface area contributed by atoms with Gasteiger partial charge in [0.25, 0.3) is 0 Å². The summed E-state index contributed by atoms with van der Waals surface area (Å²) < 4.78 is 0. The molecule has 1 unspecified atom stereocenters. The molecule has 0 aromatic rings. The highest BCUT2D eigenvalue weighted by Gasteiger charge is 2.24. The summed E-state index contributed by atoms with van der Waals surface area (Å²) in [5, 5.41) is 3.48. The van der Waals surface area contributed by atoms with Crippen molar-refractivity contribution < 1.29 is 0 Å². The Morgan fingerprint density at radius 2 is 2.10 bits per heavy atom. The van der Waals surface area contributed by atoms with Crippen LogP contribution in [0.4, 0.5) is 0 Å². The van der Waals surface area contributed by atoms with Crippen LogP contribution in [0.3, 0.4) is 0 Å². The van der Waals surface area contributed by atoms with Crippen LogP contribution in [0, 0.1) is 0 Å². The maximum absolute atomic E-state index is 3.48. The first-order chi connectivity index (χ1) is 4.97. The highest BCUT2D eigenvalue weighted by molar-refractivity contribution is 4.82.